The summed E-state index contributed by atoms with van der Waals surface area (Å²) in [5.41, 5.74) is 2.05. The molecule has 2 rings (SSSR count). The average Bonchev–Trinajstić information content (AvgIpc) is 3.04. The monoisotopic (exact) mass is 527 g/mol. The summed E-state index contributed by atoms with van der Waals surface area (Å²) < 4.78 is 8.33. The van der Waals surface area contributed by atoms with Crippen molar-refractivity contribution in [2.24, 2.45) is 4.99 Å². The smallest absolute Gasteiger partial charge is 0.191 e. The van der Waals surface area contributed by atoms with Gasteiger partial charge < -0.3 is 19.9 Å². The molecule has 0 aliphatic rings. The van der Waals surface area contributed by atoms with Crippen LogP contribution in [0.5, 0.6) is 5.75 Å². The van der Waals surface area contributed by atoms with Crippen LogP contribution < -0.4 is 15.4 Å². The van der Waals surface area contributed by atoms with E-state index < -0.39 is 0 Å². The third-order valence-electron chi connectivity index (χ3n) is 4.43. The first-order valence-electron chi connectivity index (χ1n) is 10.6. The molecule has 1 aromatic heterocycles. The van der Waals surface area contributed by atoms with E-state index in [2.05, 4.69) is 73.0 Å². The Morgan fingerprint density at radius 1 is 1.17 bits per heavy atom. The third-order valence-corrected chi connectivity index (χ3v) is 4.43. The molecule has 0 amide bonds. The molecular weight excluding hydrogens is 489 g/mol. The lowest BCUT2D eigenvalue weighted by Gasteiger charge is -2.23. The number of halogens is 1. The molecule has 0 saturated heterocycles. The fraction of sp³-hybridized carbons (Fsp3) is 0.565. The second kappa shape index (κ2) is 12.8. The summed E-state index contributed by atoms with van der Waals surface area (Å²) in [4.78, 5) is 9.03. The van der Waals surface area contributed by atoms with Gasteiger partial charge in [-0.2, -0.15) is 0 Å². The second-order valence-corrected chi connectivity index (χ2v) is 8.32. The summed E-state index contributed by atoms with van der Waals surface area (Å²) in [5, 5.41) is 6.77. The van der Waals surface area contributed by atoms with Crippen LogP contribution in [0.2, 0.25) is 0 Å². The molecule has 0 fully saturated rings. The normalized spacial score (nSPS) is 11.7. The van der Waals surface area contributed by atoms with Gasteiger partial charge in [-0.05, 0) is 66.0 Å². The molecule has 0 spiro atoms. The molecule has 6 nitrogen and oxygen atoms in total. The number of nitrogens with zero attached hydrogens (tertiary/aromatic N) is 3. The maximum atomic E-state index is 6.15. The third kappa shape index (κ3) is 9.36. The molecule has 0 aliphatic heterocycles. The zero-order valence-electron chi connectivity index (χ0n) is 19.3. The number of unbranched alkanes of at least 4 members (excludes halogenated alkanes) is 1. The number of aryl methyl sites for hydroxylation is 3. The van der Waals surface area contributed by atoms with E-state index in [0.717, 1.165) is 55.6 Å². The number of hydrogen-bond acceptors (Lipinski definition) is 3. The fourth-order valence-corrected chi connectivity index (χ4v) is 2.98. The van der Waals surface area contributed by atoms with Crippen LogP contribution in [0.1, 0.15) is 57.5 Å². The van der Waals surface area contributed by atoms with E-state index in [1.807, 2.05) is 19.3 Å². The number of aromatic nitrogens is 2. The van der Waals surface area contributed by atoms with E-state index in [9.17, 15) is 0 Å². The Bertz CT molecular complexity index is 795. The van der Waals surface area contributed by atoms with Gasteiger partial charge in [0.1, 0.15) is 17.2 Å². The molecule has 1 aromatic carbocycles. The number of hydrogen-bond donors (Lipinski definition) is 2. The van der Waals surface area contributed by atoms with Gasteiger partial charge in [-0.15, -0.1) is 24.0 Å². The zero-order chi connectivity index (χ0) is 21.3. The van der Waals surface area contributed by atoms with Crippen LogP contribution in [0, 0.1) is 13.8 Å². The van der Waals surface area contributed by atoms with Gasteiger partial charge in [-0.25, -0.2) is 9.98 Å². The minimum Gasteiger partial charge on any atom is -0.488 e. The largest absolute Gasteiger partial charge is 0.488 e. The van der Waals surface area contributed by atoms with Crippen molar-refractivity contribution >= 4 is 29.9 Å². The lowest BCUT2D eigenvalue weighted by molar-refractivity contribution is 0.129. The van der Waals surface area contributed by atoms with Gasteiger partial charge in [-0.3, -0.25) is 0 Å². The second-order valence-electron chi connectivity index (χ2n) is 8.32. The Balaban J connectivity index is 0.00000450. The van der Waals surface area contributed by atoms with Crippen LogP contribution in [0.3, 0.4) is 0 Å². The van der Waals surface area contributed by atoms with Gasteiger partial charge in [-0.1, -0.05) is 12.1 Å². The van der Waals surface area contributed by atoms with Gasteiger partial charge in [0.05, 0.1) is 6.54 Å². The molecular formula is C23H38IN5O. The topological polar surface area (TPSA) is 63.5 Å². The van der Waals surface area contributed by atoms with Gasteiger partial charge >= 0.3 is 0 Å². The maximum absolute atomic E-state index is 6.15. The number of rotatable bonds is 9. The Morgan fingerprint density at radius 2 is 1.93 bits per heavy atom. The standard InChI is InChI=1S/C23H37N5O.HI/c1-7-24-22(26-12-8-9-14-28-15-13-25-19(28)3)27-17-20-11-10-18(2)16-21(20)29-23(4,5)6;/h10-11,13,15-16H,7-9,12,14,17H2,1-6H3,(H2,24,26,27);1H. The Hall–Kier alpha value is -1.77. The van der Waals surface area contributed by atoms with Crippen molar-refractivity contribution in [3.63, 3.8) is 0 Å². The van der Waals surface area contributed by atoms with Crippen molar-refractivity contribution in [2.75, 3.05) is 13.1 Å². The molecule has 1 heterocycles. The molecule has 168 valence electrons. The number of ether oxygens (including phenoxy) is 1. The molecule has 2 aromatic rings. The quantitative estimate of drug-likeness (QED) is 0.212. The Kier molecular flexibility index (Phi) is 11.2. The van der Waals surface area contributed by atoms with Gasteiger partial charge in [0, 0.05) is 37.6 Å². The first-order valence-corrected chi connectivity index (χ1v) is 10.6. The Morgan fingerprint density at radius 3 is 2.57 bits per heavy atom. The van der Waals surface area contributed by atoms with Gasteiger partial charge in [0.2, 0.25) is 0 Å². The van der Waals surface area contributed by atoms with Crippen molar-refractivity contribution in [1.29, 1.82) is 0 Å². The maximum Gasteiger partial charge on any atom is 0.191 e. The number of nitrogens with one attached hydrogen (secondary N) is 2. The molecule has 0 unspecified atom stereocenters. The van der Waals surface area contributed by atoms with Crippen LogP contribution in [0.15, 0.2) is 35.6 Å². The summed E-state index contributed by atoms with van der Waals surface area (Å²) >= 11 is 0. The highest BCUT2D eigenvalue weighted by molar-refractivity contribution is 14.0. The molecule has 7 heteroatoms. The first-order chi connectivity index (χ1) is 13.8. The zero-order valence-corrected chi connectivity index (χ0v) is 21.6. The summed E-state index contributed by atoms with van der Waals surface area (Å²) in [6, 6.07) is 6.31. The molecule has 0 bridgehead atoms. The predicted molar refractivity (Wildman–Crippen MR) is 136 cm³/mol. The molecule has 0 radical (unpaired) electrons. The van der Waals surface area contributed by atoms with E-state index in [1.54, 1.807) is 0 Å². The lowest BCUT2D eigenvalue weighted by Crippen LogP contribution is -2.37. The van der Waals surface area contributed by atoms with E-state index in [4.69, 9.17) is 9.73 Å². The highest BCUT2D eigenvalue weighted by Crippen LogP contribution is 2.25. The van der Waals surface area contributed by atoms with Gasteiger partial charge in [0.25, 0.3) is 0 Å². The molecule has 0 saturated carbocycles. The minimum atomic E-state index is -0.234. The fourth-order valence-electron chi connectivity index (χ4n) is 2.98. The van der Waals surface area contributed by atoms with Crippen molar-refractivity contribution in [2.45, 2.75) is 73.1 Å². The Labute approximate surface area is 198 Å². The van der Waals surface area contributed by atoms with Crippen LogP contribution in [-0.2, 0) is 13.1 Å². The number of benzene rings is 1. The molecule has 0 aliphatic carbocycles. The van der Waals surface area contributed by atoms with E-state index in [0.29, 0.717) is 6.54 Å². The highest BCUT2D eigenvalue weighted by Gasteiger charge is 2.15. The van der Waals surface area contributed by atoms with Crippen molar-refractivity contribution in [3.05, 3.63) is 47.5 Å². The molecule has 2 N–H and O–H groups in total. The SMILES string of the molecule is CCNC(=NCc1ccc(C)cc1OC(C)(C)C)NCCCCn1ccnc1C.I. The average molecular weight is 527 g/mol. The molecule has 0 atom stereocenters. The lowest BCUT2D eigenvalue weighted by atomic mass is 10.1. The highest BCUT2D eigenvalue weighted by atomic mass is 127. The van der Waals surface area contributed by atoms with Crippen molar-refractivity contribution in [1.82, 2.24) is 20.2 Å². The predicted octanol–water partition coefficient (Wildman–Crippen LogP) is 4.83. The van der Waals surface area contributed by atoms with E-state index >= 15 is 0 Å². The summed E-state index contributed by atoms with van der Waals surface area (Å²) in [6.07, 6.45) is 6.06. The van der Waals surface area contributed by atoms with Crippen LogP contribution in [0.25, 0.3) is 0 Å². The van der Waals surface area contributed by atoms with Crippen molar-refractivity contribution in [3.8, 4) is 5.75 Å². The van der Waals surface area contributed by atoms with Crippen LogP contribution in [0.4, 0.5) is 0 Å². The number of imidazole rings is 1. The summed E-state index contributed by atoms with van der Waals surface area (Å²) in [5.74, 6) is 2.82. The van der Waals surface area contributed by atoms with E-state index in [-0.39, 0.29) is 29.6 Å². The molecule has 30 heavy (non-hydrogen) atoms. The van der Waals surface area contributed by atoms with Crippen molar-refractivity contribution < 1.29 is 4.74 Å². The van der Waals surface area contributed by atoms with Crippen LogP contribution in [-0.4, -0.2) is 34.2 Å². The van der Waals surface area contributed by atoms with Gasteiger partial charge in [0.15, 0.2) is 5.96 Å². The minimum absolute atomic E-state index is 0. The number of aliphatic imine (C=N–C) groups is 1. The first kappa shape index (κ1) is 26.3. The van der Waals surface area contributed by atoms with Crippen LogP contribution >= 0.6 is 24.0 Å². The summed E-state index contributed by atoms with van der Waals surface area (Å²) in [7, 11) is 0. The summed E-state index contributed by atoms with van der Waals surface area (Å²) in [6.45, 7) is 15.7. The number of guanidine groups is 1. The van der Waals surface area contributed by atoms with E-state index in [1.165, 1.54) is 5.56 Å².